The van der Waals surface area contributed by atoms with Gasteiger partial charge >= 0.3 is 0 Å². The Balaban J connectivity index is 1.27. The number of pyridine rings is 2. The number of fused-ring (bicyclic) bond motifs is 1. The van der Waals surface area contributed by atoms with Crippen LogP contribution < -0.4 is 20.9 Å². The van der Waals surface area contributed by atoms with Crippen molar-refractivity contribution in [1.29, 1.82) is 0 Å². The van der Waals surface area contributed by atoms with Crippen LogP contribution in [-0.2, 0) is 23.1 Å². The first kappa shape index (κ1) is 25.1. The number of amides is 1. The molecule has 4 aromatic rings. The van der Waals surface area contributed by atoms with E-state index in [1.165, 1.54) is 12.5 Å². The Bertz CT molecular complexity index is 1600. The van der Waals surface area contributed by atoms with Crippen LogP contribution in [0.3, 0.4) is 0 Å². The number of carbonyl (C=O) groups excluding carboxylic acids is 1. The molecule has 3 heterocycles. The number of rotatable bonds is 9. The molecule has 0 radical (unpaired) electrons. The third kappa shape index (κ3) is 5.24. The van der Waals surface area contributed by atoms with Crippen molar-refractivity contribution in [3.05, 3.63) is 64.7 Å². The van der Waals surface area contributed by atoms with E-state index >= 15 is 0 Å². The summed E-state index contributed by atoms with van der Waals surface area (Å²) in [6, 6.07) is 11.0. The molecule has 6 rings (SSSR count). The Morgan fingerprint density at radius 3 is 2.64 bits per heavy atom. The molecule has 2 aliphatic carbocycles. The van der Waals surface area contributed by atoms with Crippen LogP contribution in [0.4, 0.5) is 17.5 Å². The molecule has 0 aliphatic heterocycles. The van der Waals surface area contributed by atoms with Crippen LogP contribution in [0.1, 0.15) is 44.1 Å². The first-order valence-corrected chi connectivity index (χ1v) is 13.3. The topological polar surface area (TPSA) is 112 Å². The lowest BCUT2D eigenvalue weighted by Crippen LogP contribution is -2.38. The van der Waals surface area contributed by atoms with Crippen molar-refractivity contribution in [1.82, 2.24) is 19.1 Å². The lowest BCUT2D eigenvalue weighted by Gasteiger charge is -2.35. The fourth-order valence-electron chi connectivity index (χ4n) is 5.16. The standard InChI is InChI=1S/C29H32N6O4/c1-17(36)31-27-14-22(10-11-30-27)39-21-7-8-23-25(13-21)34(2)29(32-23)33-24-12-20(18-4-5-18)16-35(28(24)37)15-19-6-9-26(19)38-3/h7-8,10-14,16,18-19,26H,4-6,9,15H2,1-3H3,(H,32,33)(H,30,31,36). The number of ether oxygens (including phenoxy) is 2. The number of nitrogens with zero attached hydrogens (tertiary/aromatic N) is 4. The summed E-state index contributed by atoms with van der Waals surface area (Å²) in [5, 5.41) is 5.98. The van der Waals surface area contributed by atoms with Crippen molar-refractivity contribution >= 4 is 34.4 Å². The van der Waals surface area contributed by atoms with Crippen molar-refractivity contribution < 1.29 is 14.3 Å². The summed E-state index contributed by atoms with van der Waals surface area (Å²) in [7, 11) is 3.65. The van der Waals surface area contributed by atoms with Gasteiger partial charge in [-0.1, -0.05) is 0 Å². The number of carbonyl (C=O) groups is 1. The molecular weight excluding hydrogens is 496 g/mol. The molecule has 2 saturated carbocycles. The second-order valence-electron chi connectivity index (χ2n) is 10.5. The first-order valence-electron chi connectivity index (χ1n) is 13.3. The minimum absolute atomic E-state index is 0.0510. The maximum atomic E-state index is 13.5. The fraction of sp³-hybridized carbons (Fsp3) is 0.379. The van der Waals surface area contributed by atoms with Gasteiger partial charge in [0.05, 0.1) is 17.1 Å². The molecule has 39 heavy (non-hydrogen) atoms. The van der Waals surface area contributed by atoms with Gasteiger partial charge in [-0.15, -0.1) is 0 Å². The average Bonchev–Trinajstić information content (AvgIpc) is 3.69. The summed E-state index contributed by atoms with van der Waals surface area (Å²) < 4.78 is 15.4. The fourth-order valence-corrected chi connectivity index (χ4v) is 5.16. The van der Waals surface area contributed by atoms with E-state index < -0.39 is 0 Å². The van der Waals surface area contributed by atoms with Crippen LogP contribution >= 0.6 is 0 Å². The second kappa shape index (κ2) is 10.2. The van der Waals surface area contributed by atoms with E-state index in [2.05, 4.69) is 15.6 Å². The van der Waals surface area contributed by atoms with E-state index in [0.29, 0.717) is 47.3 Å². The number of aryl methyl sites for hydroxylation is 1. The van der Waals surface area contributed by atoms with Crippen LogP contribution in [-0.4, -0.2) is 38.2 Å². The third-order valence-electron chi connectivity index (χ3n) is 7.61. The van der Waals surface area contributed by atoms with Gasteiger partial charge in [-0.05, 0) is 61.4 Å². The maximum absolute atomic E-state index is 13.5. The van der Waals surface area contributed by atoms with Crippen LogP contribution in [0.2, 0.25) is 0 Å². The zero-order valence-electron chi connectivity index (χ0n) is 22.3. The maximum Gasteiger partial charge on any atom is 0.274 e. The van der Waals surface area contributed by atoms with Gasteiger partial charge in [-0.2, -0.15) is 0 Å². The minimum atomic E-state index is -0.201. The van der Waals surface area contributed by atoms with E-state index in [1.54, 1.807) is 25.4 Å². The van der Waals surface area contributed by atoms with Crippen LogP contribution in [0.5, 0.6) is 11.5 Å². The van der Waals surface area contributed by atoms with E-state index in [4.69, 9.17) is 14.5 Å². The largest absolute Gasteiger partial charge is 0.457 e. The number of nitrogens with one attached hydrogen (secondary N) is 2. The third-order valence-corrected chi connectivity index (χ3v) is 7.61. The highest BCUT2D eigenvalue weighted by atomic mass is 16.5. The quantitative estimate of drug-likeness (QED) is 0.317. The molecule has 0 saturated heterocycles. The highest BCUT2D eigenvalue weighted by Crippen LogP contribution is 2.41. The van der Waals surface area contributed by atoms with Crippen LogP contribution in [0, 0.1) is 5.92 Å². The van der Waals surface area contributed by atoms with Gasteiger partial charge in [0.1, 0.15) is 23.0 Å². The van der Waals surface area contributed by atoms with Gasteiger partial charge in [-0.3, -0.25) is 9.59 Å². The van der Waals surface area contributed by atoms with Crippen molar-refractivity contribution in [2.45, 2.75) is 51.2 Å². The molecule has 2 N–H and O–H groups in total. The number of anilines is 3. The Morgan fingerprint density at radius 2 is 1.92 bits per heavy atom. The number of hydrogen-bond acceptors (Lipinski definition) is 7. The summed E-state index contributed by atoms with van der Waals surface area (Å²) in [6.45, 7) is 2.09. The normalized spacial score (nSPS) is 18.5. The van der Waals surface area contributed by atoms with Gasteiger partial charge in [-0.25, -0.2) is 9.97 Å². The summed E-state index contributed by atoms with van der Waals surface area (Å²) in [5.41, 5.74) is 3.30. The van der Waals surface area contributed by atoms with Gasteiger partial charge in [0.2, 0.25) is 11.9 Å². The molecule has 2 aliphatic rings. The molecule has 10 heteroatoms. The smallest absolute Gasteiger partial charge is 0.274 e. The molecular formula is C29H32N6O4. The Labute approximate surface area is 226 Å². The lowest BCUT2D eigenvalue weighted by molar-refractivity contribution is -0.114. The molecule has 2 fully saturated rings. The number of hydrogen-bond donors (Lipinski definition) is 2. The van der Waals surface area contributed by atoms with Gasteiger partial charge in [0.15, 0.2) is 0 Å². The number of benzene rings is 1. The predicted molar refractivity (Wildman–Crippen MR) is 149 cm³/mol. The van der Waals surface area contributed by atoms with E-state index in [0.717, 1.165) is 36.7 Å². The van der Waals surface area contributed by atoms with Crippen molar-refractivity contribution in [2.24, 2.45) is 13.0 Å². The van der Waals surface area contributed by atoms with Crippen molar-refractivity contribution in [3.8, 4) is 11.5 Å². The molecule has 202 valence electrons. The Kier molecular flexibility index (Phi) is 6.56. The molecule has 1 amide bonds. The number of imidazole rings is 1. The Hall–Kier alpha value is -4.18. The highest BCUT2D eigenvalue weighted by molar-refractivity contribution is 5.87. The molecule has 0 bridgehead atoms. The summed E-state index contributed by atoms with van der Waals surface area (Å²) in [4.78, 5) is 33.7. The number of methoxy groups -OCH3 is 1. The predicted octanol–water partition coefficient (Wildman–Crippen LogP) is 4.93. The Morgan fingerprint density at radius 1 is 1.10 bits per heavy atom. The average molecular weight is 529 g/mol. The zero-order valence-corrected chi connectivity index (χ0v) is 22.3. The summed E-state index contributed by atoms with van der Waals surface area (Å²) in [6.07, 6.45) is 8.26. The van der Waals surface area contributed by atoms with E-state index in [9.17, 15) is 9.59 Å². The van der Waals surface area contributed by atoms with Gasteiger partial charge in [0.25, 0.3) is 5.56 Å². The molecule has 0 spiro atoms. The molecule has 1 aromatic carbocycles. The SMILES string of the molecule is COC1CCC1Cn1cc(C2CC2)cc(Nc2nc3ccc(Oc4ccnc(NC(C)=O)c4)cc3n2C)c1=O. The van der Waals surface area contributed by atoms with Gasteiger partial charge < -0.3 is 29.2 Å². The first-order chi connectivity index (χ1) is 18.9. The summed E-state index contributed by atoms with van der Waals surface area (Å²) in [5.74, 6) is 2.83. The van der Waals surface area contributed by atoms with Gasteiger partial charge in [0, 0.05) is 58.1 Å². The lowest BCUT2D eigenvalue weighted by atomic mass is 9.81. The molecule has 3 aromatic heterocycles. The molecule has 2 atom stereocenters. The second-order valence-corrected chi connectivity index (χ2v) is 10.5. The van der Waals surface area contributed by atoms with Crippen molar-refractivity contribution in [3.63, 3.8) is 0 Å². The number of aromatic nitrogens is 4. The minimum Gasteiger partial charge on any atom is -0.457 e. The van der Waals surface area contributed by atoms with Crippen LogP contribution in [0.25, 0.3) is 11.0 Å². The zero-order chi connectivity index (χ0) is 27.1. The molecule has 10 nitrogen and oxygen atoms in total. The highest BCUT2D eigenvalue weighted by Gasteiger charge is 2.32. The van der Waals surface area contributed by atoms with E-state index in [1.807, 2.05) is 46.6 Å². The monoisotopic (exact) mass is 528 g/mol. The van der Waals surface area contributed by atoms with Crippen LogP contribution in [0.15, 0.2) is 53.6 Å². The van der Waals surface area contributed by atoms with E-state index in [-0.39, 0.29) is 17.6 Å². The van der Waals surface area contributed by atoms with Crippen molar-refractivity contribution in [2.75, 3.05) is 17.7 Å². The summed E-state index contributed by atoms with van der Waals surface area (Å²) >= 11 is 0. The molecule has 2 unspecified atom stereocenters.